The quantitative estimate of drug-likeness (QED) is 0.421. The maximum Gasteiger partial charge on any atom is 0.232 e. The Morgan fingerprint density at radius 3 is 2.20 bits per heavy atom. The zero-order chi connectivity index (χ0) is 4.28. The standard InChI is InChI=1S/H3NOP2S/c2-4(5)1-3/h3-4H,(H,2,5). The van der Waals surface area contributed by atoms with Crippen molar-refractivity contribution in [3.63, 3.8) is 0 Å². The summed E-state index contributed by atoms with van der Waals surface area (Å²) >= 11 is 3.43. The van der Waals surface area contributed by atoms with Gasteiger partial charge in [-0.25, -0.2) is 4.52 Å². The number of hydrogen-bond donors (Lipinski definition) is 1. The largest absolute Gasteiger partial charge is 0.290 e. The van der Waals surface area contributed by atoms with Gasteiger partial charge in [-0.3, -0.25) is 4.57 Å². The van der Waals surface area contributed by atoms with Crippen LogP contribution in [0, 0.1) is 0 Å². The molecule has 2 nitrogen and oxygen atoms in total. The molecule has 0 aromatic carbocycles. The topological polar surface area (TPSA) is 29.4 Å². The molecule has 0 radical (unpaired) electrons. The average molecular weight is 127 g/mol. The van der Waals surface area contributed by atoms with E-state index in [2.05, 4.69) is 25.8 Å². The summed E-state index contributed by atoms with van der Waals surface area (Å²) in [5.74, 6) is 0. The first kappa shape index (κ1) is 5.68. The third-order valence-electron chi connectivity index (χ3n) is 0.0956. The van der Waals surface area contributed by atoms with Crippen molar-refractivity contribution in [3.05, 3.63) is 0 Å². The Morgan fingerprint density at radius 1 is 2.00 bits per heavy atom. The first-order chi connectivity index (χ1) is 2.27. The van der Waals surface area contributed by atoms with Crippen LogP contribution >= 0.6 is 28.4 Å². The van der Waals surface area contributed by atoms with Gasteiger partial charge in [0, 0.05) is 0 Å². The highest BCUT2D eigenvalue weighted by Crippen LogP contribution is 2.27. The average Bonchev–Trinajstić information content (AvgIpc) is 1.38. The van der Waals surface area contributed by atoms with Gasteiger partial charge in [-0.2, -0.15) is 0 Å². The molecule has 0 fully saturated rings. The van der Waals surface area contributed by atoms with Crippen LogP contribution in [0.2, 0.25) is 0 Å². The van der Waals surface area contributed by atoms with Crippen molar-refractivity contribution in [2.75, 3.05) is 0 Å². The summed E-state index contributed by atoms with van der Waals surface area (Å²) in [5.41, 5.74) is 0. The highest BCUT2D eigenvalue weighted by atomic mass is 32.7. The van der Waals surface area contributed by atoms with Gasteiger partial charge in [0.1, 0.15) is 0 Å². The Balaban J connectivity index is 3.20. The highest BCUT2D eigenvalue weighted by molar-refractivity contribution is 8.40. The molecule has 0 amide bonds. The van der Waals surface area contributed by atoms with Crippen LogP contribution in [-0.2, 0) is 4.57 Å². The van der Waals surface area contributed by atoms with Crippen LogP contribution in [-0.4, -0.2) is 0 Å². The molecular weight excluding hydrogens is 124 g/mol. The Labute approximate surface area is 38.3 Å². The molecular formula is H3NOP2S. The van der Waals surface area contributed by atoms with E-state index in [0.29, 0.717) is 0 Å². The van der Waals surface area contributed by atoms with E-state index in [1.165, 1.54) is 0 Å². The molecule has 5 heavy (non-hydrogen) atoms. The van der Waals surface area contributed by atoms with Crippen LogP contribution in [0.1, 0.15) is 0 Å². The Kier molecular flexibility index (Phi) is 3.29. The second kappa shape index (κ2) is 2.89. The van der Waals surface area contributed by atoms with Gasteiger partial charge in [0.25, 0.3) is 0 Å². The van der Waals surface area contributed by atoms with Crippen LogP contribution in [0.25, 0.3) is 0 Å². The molecule has 0 aromatic heterocycles. The maximum absolute atomic E-state index is 9.65. The zero-order valence-electron chi connectivity index (χ0n) is 2.30. The number of thiol groups is 1. The molecule has 0 aliphatic heterocycles. The predicted molar refractivity (Wildman–Crippen MR) is 28.7 cm³/mol. The van der Waals surface area contributed by atoms with Gasteiger partial charge in [0.2, 0.25) is 7.15 Å². The van der Waals surface area contributed by atoms with Crippen LogP contribution in [0.3, 0.4) is 0 Å². The van der Waals surface area contributed by atoms with Crippen molar-refractivity contribution in [2.24, 2.45) is 4.52 Å². The highest BCUT2D eigenvalue weighted by Gasteiger charge is 1.68. The lowest BCUT2D eigenvalue weighted by molar-refractivity contribution is 0.598. The molecule has 0 aliphatic carbocycles. The molecule has 0 bridgehead atoms. The second-order valence-corrected chi connectivity index (χ2v) is 3.00. The van der Waals surface area contributed by atoms with E-state index >= 15 is 0 Å². The minimum absolute atomic E-state index is 1.89. The molecule has 0 aliphatic rings. The molecule has 0 saturated carbocycles. The summed E-state index contributed by atoms with van der Waals surface area (Å²) in [6, 6.07) is 0. The molecule has 0 aromatic rings. The molecule has 0 N–H and O–H groups in total. The zero-order valence-corrected chi connectivity index (χ0v) is 5.20. The Morgan fingerprint density at radius 2 is 2.20 bits per heavy atom. The third-order valence-corrected chi connectivity index (χ3v) is 1.76. The smallest absolute Gasteiger partial charge is 0.232 e. The van der Waals surface area contributed by atoms with E-state index in [0.717, 1.165) is 0 Å². The fraction of sp³-hybridized carbons (Fsp3) is 0. The molecule has 30 valence electrons. The lowest BCUT2D eigenvalue weighted by Gasteiger charge is -1.65. The van der Waals surface area contributed by atoms with E-state index in [-0.39, 0.29) is 0 Å². The molecule has 5 heteroatoms. The lowest BCUT2D eigenvalue weighted by Crippen LogP contribution is -1.13. The van der Waals surface area contributed by atoms with Crippen molar-refractivity contribution >= 4 is 28.4 Å². The minimum atomic E-state index is -1.89. The van der Waals surface area contributed by atoms with E-state index in [9.17, 15) is 4.57 Å². The minimum Gasteiger partial charge on any atom is -0.290 e. The summed E-state index contributed by atoms with van der Waals surface area (Å²) in [6.07, 6.45) is 0. The van der Waals surface area contributed by atoms with Gasteiger partial charge in [-0.1, -0.05) is 12.2 Å². The maximum atomic E-state index is 9.65. The van der Waals surface area contributed by atoms with Gasteiger partial charge in [0.15, 0.2) is 0 Å². The van der Waals surface area contributed by atoms with E-state index < -0.39 is 7.15 Å². The molecule has 0 heterocycles. The molecule has 0 spiro atoms. The van der Waals surface area contributed by atoms with Crippen LogP contribution in [0.4, 0.5) is 0 Å². The van der Waals surface area contributed by atoms with Crippen molar-refractivity contribution in [1.82, 2.24) is 0 Å². The van der Waals surface area contributed by atoms with Crippen molar-refractivity contribution in [3.8, 4) is 0 Å². The lowest BCUT2D eigenvalue weighted by atomic mass is 13.9. The second-order valence-electron chi connectivity index (χ2n) is 0.394. The third kappa shape index (κ3) is 4.68. The first-order valence-corrected chi connectivity index (χ1v) is 3.97. The molecule has 1 atom stereocenters. The molecule has 0 rings (SSSR count). The number of nitrogens with zero attached hydrogens (tertiary/aromatic N) is 1. The van der Waals surface area contributed by atoms with Crippen molar-refractivity contribution in [2.45, 2.75) is 0 Å². The summed E-state index contributed by atoms with van der Waals surface area (Å²) in [5, 5.41) is 0. The normalized spacial score (nSPS) is 13.8. The molecule has 0 saturated heterocycles. The summed E-state index contributed by atoms with van der Waals surface area (Å²) in [6.45, 7) is 0. The van der Waals surface area contributed by atoms with Crippen molar-refractivity contribution in [1.29, 1.82) is 0 Å². The van der Waals surface area contributed by atoms with Crippen LogP contribution in [0.5, 0.6) is 0 Å². The van der Waals surface area contributed by atoms with Crippen LogP contribution in [0.15, 0.2) is 4.52 Å². The van der Waals surface area contributed by atoms with Gasteiger partial charge >= 0.3 is 0 Å². The first-order valence-electron chi connectivity index (χ1n) is 0.875. The van der Waals surface area contributed by atoms with Gasteiger partial charge in [-0.05, 0) is 9.03 Å². The fourth-order valence-electron chi connectivity index (χ4n) is 0. The Hall–Kier alpha value is 0.680. The summed E-state index contributed by atoms with van der Waals surface area (Å²) < 4.78 is 12.8. The SMILES string of the molecule is O=[PH](S)N=P. The number of rotatable bonds is 1. The van der Waals surface area contributed by atoms with Gasteiger partial charge < -0.3 is 0 Å². The van der Waals surface area contributed by atoms with Gasteiger partial charge in [0.05, 0.1) is 0 Å². The molecule has 1 unspecified atom stereocenters. The fourth-order valence-corrected chi connectivity index (χ4v) is 0. The van der Waals surface area contributed by atoms with Crippen molar-refractivity contribution < 1.29 is 4.57 Å². The number of hydrogen-bond acceptors (Lipinski definition) is 1. The summed E-state index contributed by atoms with van der Waals surface area (Å²) in [4.78, 5) is 0. The Bertz CT molecular complexity index is 60.7. The van der Waals surface area contributed by atoms with Gasteiger partial charge in [-0.15, -0.1) is 0 Å². The van der Waals surface area contributed by atoms with E-state index in [1.807, 2.05) is 0 Å². The monoisotopic (exact) mass is 127 g/mol. The predicted octanol–water partition coefficient (Wildman–Crippen LogP) is 1.63. The van der Waals surface area contributed by atoms with Crippen LogP contribution < -0.4 is 0 Å². The van der Waals surface area contributed by atoms with E-state index in [4.69, 9.17) is 0 Å². The summed E-state index contributed by atoms with van der Waals surface area (Å²) in [7, 11) is 0.745. The van der Waals surface area contributed by atoms with E-state index in [1.54, 1.807) is 0 Å².